The molecular formula is C19H14F3O5P2+. The molecule has 0 radical (unpaired) electrons. The first-order valence-electron chi connectivity index (χ1n) is 8.19. The van der Waals surface area contributed by atoms with E-state index in [0.717, 1.165) is 36.4 Å². The maximum absolute atomic E-state index is 13.2. The smallest absolute Gasteiger partial charge is 0.413 e. The van der Waals surface area contributed by atoms with Gasteiger partial charge in [0.25, 0.3) is 0 Å². The van der Waals surface area contributed by atoms with Gasteiger partial charge in [-0.3, -0.25) is 4.52 Å². The predicted molar refractivity (Wildman–Crippen MR) is 101 cm³/mol. The van der Waals surface area contributed by atoms with Crippen molar-refractivity contribution in [1.29, 1.82) is 0 Å². The molecule has 0 saturated carbocycles. The maximum Gasteiger partial charge on any atom is 0.571 e. The Morgan fingerprint density at radius 3 is 1.38 bits per heavy atom. The van der Waals surface area contributed by atoms with Crippen LogP contribution in [0.5, 0.6) is 17.2 Å². The zero-order valence-electron chi connectivity index (χ0n) is 14.7. The van der Waals surface area contributed by atoms with Crippen LogP contribution in [0.4, 0.5) is 13.2 Å². The number of benzene rings is 3. The van der Waals surface area contributed by atoms with Crippen LogP contribution in [0, 0.1) is 17.5 Å². The molecule has 0 bridgehead atoms. The minimum atomic E-state index is -4.12. The van der Waals surface area contributed by atoms with Crippen molar-refractivity contribution >= 4 is 15.6 Å². The lowest BCUT2D eigenvalue weighted by Gasteiger charge is -2.16. The summed E-state index contributed by atoms with van der Waals surface area (Å²) in [4.78, 5) is 0. The van der Waals surface area contributed by atoms with Gasteiger partial charge in [-0.2, -0.15) is 0 Å². The van der Waals surface area contributed by atoms with Crippen LogP contribution in [0.25, 0.3) is 0 Å². The fourth-order valence-corrected chi connectivity index (χ4v) is 5.28. The van der Waals surface area contributed by atoms with Crippen LogP contribution >= 0.6 is 15.6 Å². The van der Waals surface area contributed by atoms with Gasteiger partial charge in [0.2, 0.25) is 0 Å². The summed E-state index contributed by atoms with van der Waals surface area (Å²) in [6, 6.07) is 14.0. The van der Waals surface area contributed by atoms with E-state index in [9.17, 15) is 22.3 Å². The van der Waals surface area contributed by atoms with E-state index in [0.29, 0.717) is 0 Å². The first kappa shape index (κ1) is 20.9. The Labute approximate surface area is 165 Å². The molecule has 5 nitrogen and oxygen atoms in total. The van der Waals surface area contributed by atoms with Crippen LogP contribution in [0.15, 0.2) is 72.8 Å². The van der Waals surface area contributed by atoms with Crippen molar-refractivity contribution in [3.05, 3.63) is 90.2 Å². The van der Waals surface area contributed by atoms with Gasteiger partial charge in [0, 0.05) is 0 Å². The van der Waals surface area contributed by atoms with Gasteiger partial charge < -0.3 is 9.05 Å². The molecule has 0 aliphatic heterocycles. The summed E-state index contributed by atoms with van der Waals surface area (Å²) >= 11 is 0. The largest absolute Gasteiger partial charge is 0.571 e. The Bertz CT molecular complexity index is 974. The molecule has 0 amide bonds. The van der Waals surface area contributed by atoms with Crippen molar-refractivity contribution in [2.24, 2.45) is 0 Å². The van der Waals surface area contributed by atoms with Gasteiger partial charge >= 0.3 is 21.5 Å². The van der Waals surface area contributed by atoms with Gasteiger partial charge in [0.1, 0.15) is 29.0 Å². The van der Waals surface area contributed by atoms with Crippen LogP contribution in [0.1, 0.15) is 0 Å². The summed E-state index contributed by atoms with van der Waals surface area (Å²) in [6.45, 7) is 0. The minimum absolute atomic E-state index is 0.0158. The maximum atomic E-state index is 13.2. The van der Waals surface area contributed by atoms with E-state index < -0.39 is 39.0 Å². The molecule has 0 N–H and O–H groups in total. The average Bonchev–Trinajstić information content (AvgIpc) is 2.67. The summed E-state index contributed by atoms with van der Waals surface area (Å²) in [5, 5.41) is 0. The first-order valence-corrected chi connectivity index (χ1v) is 11.3. The van der Waals surface area contributed by atoms with E-state index in [2.05, 4.69) is 0 Å². The lowest BCUT2D eigenvalue weighted by molar-refractivity contribution is 0.388. The molecule has 0 heterocycles. The van der Waals surface area contributed by atoms with Gasteiger partial charge in [0.05, 0.1) is 0 Å². The standard InChI is InChI=1S/C19H14F3O5P2/c20-14-1-7-17(8-2-14)25-28(23)13-29(24,26-18-9-3-15(21)4-10-18)27-19-11-5-16(22)6-12-19/h1-12H,13H2/q+1. The van der Waals surface area contributed by atoms with E-state index in [1.807, 2.05) is 0 Å². The number of hydrogen-bond acceptors (Lipinski definition) is 5. The molecule has 0 aliphatic carbocycles. The molecule has 0 saturated heterocycles. The van der Waals surface area contributed by atoms with E-state index in [1.54, 1.807) is 0 Å². The van der Waals surface area contributed by atoms with Crippen molar-refractivity contribution in [3.8, 4) is 17.2 Å². The summed E-state index contributed by atoms with van der Waals surface area (Å²) in [5.74, 6) is -2.09. The second kappa shape index (κ2) is 9.12. The summed E-state index contributed by atoms with van der Waals surface area (Å²) < 4.78 is 80.7. The number of halogens is 3. The van der Waals surface area contributed by atoms with Crippen molar-refractivity contribution in [2.45, 2.75) is 0 Å². The van der Waals surface area contributed by atoms with Crippen molar-refractivity contribution < 1.29 is 35.9 Å². The molecule has 0 aromatic heterocycles. The molecule has 1 unspecified atom stereocenters. The van der Waals surface area contributed by atoms with E-state index in [-0.39, 0.29) is 17.2 Å². The highest BCUT2D eigenvalue weighted by Gasteiger charge is 2.41. The van der Waals surface area contributed by atoms with Gasteiger partial charge in [-0.1, -0.05) is 0 Å². The minimum Gasteiger partial charge on any atom is -0.413 e. The van der Waals surface area contributed by atoms with E-state index in [4.69, 9.17) is 13.6 Å². The third-order valence-corrected chi connectivity index (χ3v) is 7.13. The van der Waals surface area contributed by atoms with Crippen LogP contribution in [-0.2, 0) is 9.13 Å². The van der Waals surface area contributed by atoms with E-state index in [1.165, 1.54) is 36.4 Å². The summed E-state index contributed by atoms with van der Waals surface area (Å²) in [5.41, 5.74) is 0. The zero-order chi connectivity index (χ0) is 20.9. The monoisotopic (exact) mass is 441 g/mol. The molecule has 29 heavy (non-hydrogen) atoms. The quantitative estimate of drug-likeness (QED) is 0.372. The molecular weight excluding hydrogens is 427 g/mol. The molecule has 150 valence electrons. The van der Waals surface area contributed by atoms with Gasteiger partial charge in [-0.15, -0.1) is 0 Å². The van der Waals surface area contributed by atoms with Crippen molar-refractivity contribution in [1.82, 2.24) is 0 Å². The molecule has 3 aromatic rings. The van der Waals surface area contributed by atoms with Gasteiger partial charge in [-0.25, -0.2) is 17.7 Å². The Morgan fingerprint density at radius 1 is 0.655 bits per heavy atom. The highest BCUT2D eigenvalue weighted by atomic mass is 31.2. The van der Waals surface area contributed by atoms with Gasteiger partial charge in [-0.05, 0) is 77.4 Å². The molecule has 0 fully saturated rings. The second-order valence-electron chi connectivity index (χ2n) is 5.72. The number of rotatable bonds is 8. The second-order valence-corrected chi connectivity index (χ2v) is 9.29. The summed E-state index contributed by atoms with van der Waals surface area (Å²) in [7, 11) is -6.72. The number of hydrogen-bond donors (Lipinski definition) is 0. The average molecular weight is 441 g/mol. The molecule has 1 atom stereocenters. The molecule has 0 aliphatic rings. The van der Waals surface area contributed by atoms with Crippen LogP contribution < -0.4 is 13.6 Å². The van der Waals surface area contributed by atoms with Crippen LogP contribution in [0.2, 0.25) is 0 Å². The highest BCUT2D eigenvalue weighted by molar-refractivity contribution is 7.66. The van der Waals surface area contributed by atoms with Crippen LogP contribution in [0.3, 0.4) is 0 Å². The zero-order valence-corrected chi connectivity index (χ0v) is 16.5. The Kier molecular flexibility index (Phi) is 6.57. The molecule has 3 aromatic carbocycles. The summed E-state index contributed by atoms with van der Waals surface area (Å²) in [6.07, 6.45) is 0. The SMILES string of the molecule is O=[P+](CP(=O)(Oc1ccc(F)cc1)Oc1ccc(F)cc1)Oc1ccc(F)cc1. The van der Waals surface area contributed by atoms with Crippen LogP contribution in [-0.4, -0.2) is 5.90 Å². The van der Waals surface area contributed by atoms with Crippen molar-refractivity contribution in [2.75, 3.05) is 5.90 Å². The fourth-order valence-electron chi connectivity index (χ4n) is 2.17. The normalized spacial score (nSPS) is 11.6. The molecule has 3 rings (SSSR count). The van der Waals surface area contributed by atoms with Gasteiger partial charge in [0.15, 0.2) is 5.75 Å². The third-order valence-electron chi connectivity index (χ3n) is 3.43. The predicted octanol–water partition coefficient (Wildman–Crippen LogP) is 6.53. The lowest BCUT2D eigenvalue weighted by Crippen LogP contribution is -2.05. The first-order chi connectivity index (χ1) is 13.8. The highest BCUT2D eigenvalue weighted by Crippen LogP contribution is 2.54. The van der Waals surface area contributed by atoms with E-state index >= 15 is 0 Å². The van der Waals surface area contributed by atoms with Crippen molar-refractivity contribution in [3.63, 3.8) is 0 Å². The Morgan fingerprint density at radius 2 is 1.00 bits per heavy atom. The third kappa shape index (κ3) is 6.34. The Balaban J connectivity index is 1.79. The lowest BCUT2D eigenvalue weighted by atomic mass is 10.3. The fraction of sp³-hybridized carbons (Fsp3) is 0.0526. The molecule has 10 heteroatoms. The Hall–Kier alpha value is -2.82. The topological polar surface area (TPSA) is 61.8 Å². The molecule has 0 spiro atoms.